The summed E-state index contributed by atoms with van der Waals surface area (Å²) in [4.78, 5) is 0.690. The average Bonchev–Trinajstić information content (AvgIpc) is 3.13. The Morgan fingerprint density at radius 2 is 2.00 bits per heavy atom. The van der Waals surface area contributed by atoms with Crippen LogP contribution in [0.3, 0.4) is 0 Å². The third-order valence-electron chi connectivity index (χ3n) is 4.31. The third-order valence-corrected chi connectivity index (χ3v) is 6.21. The molecule has 3 rings (SSSR count). The van der Waals surface area contributed by atoms with E-state index in [1.807, 2.05) is 4.68 Å². The number of nitrogens with zero attached hydrogens (tertiary/aromatic N) is 2. The highest BCUT2D eigenvalue weighted by Crippen LogP contribution is 2.32. The molecule has 0 amide bonds. The zero-order chi connectivity index (χ0) is 16.4. The van der Waals surface area contributed by atoms with Gasteiger partial charge in [-0.15, -0.1) is 0 Å². The van der Waals surface area contributed by atoms with Crippen molar-refractivity contribution in [3.05, 3.63) is 41.2 Å². The molecule has 1 aliphatic rings. The maximum absolute atomic E-state index is 13.1. The lowest BCUT2D eigenvalue weighted by molar-refractivity contribution is 0.282. The fourth-order valence-corrected chi connectivity index (χ4v) is 4.77. The first kappa shape index (κ1) is 16.2. The van der Waals surface area contributed by atoms with E-state index in [4.69, 9.17) is 5.11 Å². The van der Waals surface area contributed by atoms with Gasteiger partial charge in [-0.2, -0.15) is 5.10 Å². The van der Waals surface area contributed by atoms with Crippen molar-refractivity contribution >= 4 is 9.84 Å². The van der Waals surface area contributed by atoms with Crippen LogP contribution in [0.4, 0.5) is 0 Å². The number of aliphatic hydroxyl groups is 1. The van der Waals surface area contributed by atoms with E-state index in [-0.39, 0.29) is 11.5 Å². The molecule has 0 radical (unpaired) electrons. The Kier molecular flexibility index (Phi) is 4.55. The van der Waals surface area contributed by atoms with Crippen molar-refractivity contribution in [2.45, 2.75) is 62.0 Å². The summed E-state index contributed by atoms with van der Waals surface area (Å²) in [6, 6.07) is 6.46. The second-order valence-electron chi connectivity index (χ2n) is 5.96. The molecule has 0 bridgehead atoms. The van der Waals surface area contributed by atoms with Crippen LogP contribution >= 0.6 is 0 Å². The van der Waals surface area contributed by atoms with Crippen LogP contribution in [0.1, 0.15) is 43.1 Å². The number of benzene rings is 1. The molecule has 5 nitrogen and oxygen atoms in total. The number of aliphatic hydroxyl groups excluding tert-OH is 1. The number of hydrogen-bond donors (Lipinski definition) is 1. The molecule has 1 N–H and O–H groups in total. The topological polar surface area (TPSA) is 72.2 Å². The maximum atomic E-state index is 13.1. The molecule has 0 fully saturated rings. The van der Waals surface area contributed by atoms with Gasteiger partial charge in [0.1, 0.15) is 4.90 Å². The molecule has 0 aliphatic carbocycles. The van der Waals surface area contributed by atoms with Crippen molar-refractivity contribution in [2.24, 2.45) is 0 Å². The number of sulfone groups is 1. The van der Waals surface area contributed by atoms with Crippen LogP contribution in [0.5, 0.6) is 0 Å². The minimum atomic E-state index is -3.57. The van der Waals surface area contributed by atoms with E-state index in [0.29, 0.717) is 22.6 Å². The van der Waals surface area contributed by atoms with E-state index in [1.165, 1.54) is 0 Å². The van der Waals surface area contributed by atoms with Crippen molar-refractivity contribution in [1.29, 1.82) is 0 Å². The van der Waals surface area contributed by atoms with Gasteiger partial charge >= 0.3 is 0 Å². The first-order valence-electron chi connectivity index (χ1n) is 8.11. The molecule has 0 unspecified atom stereocenters. The molecule has 1 aliphatic heterocycles. The number of fused-ring (bicyclic) bond motifs is 1. The number of aromatic nitrogens is 2. The first-order chi connectivity index (χ1) is 11.1. The monoisotopic (exact) mass is 334 g/mol. The van der Waals surface area contributed by atoms with Crippen LogP contribution in [-0.4, -0.2) is 23.3 Å². The van der Waals surface area contributed by atoms with Crippen LogP contribution in [0.2, 0.25) is 0 Å². The van der Waals surface area contributed by atoms with Crippen molar-refractivity contribution in [1.82, 2.24) is 9.78 Å². The van der Waals surface area contributed by atoms with Gasteiger partial charge < -0.3 is 5.11 Å². The molecule has 2 heterocycles. The van der Waals surface area contributed by atoms with Crippen molar-refractivity contribution in [3.63, 3.8) is 0 Å². The molecule has 6 heteroatoms. The van der Waals surface area contributed by atoms with Crippen LogP contribution < -0.4 is 0 Å². The molecule has 1 aromatic carbocycles. The standard InChI is InChI=1S/C17H22N2O3S/c1-2-3-5-15-17(16-6-4-11-19(16)18-15)23(21,22)14-9-7-13(12-20)8-10-14/h7-10,20H,2-6,11-12H2,1H3. The Balaban J connectivity index is 2.07. The second kappa shape index (κ2) is 6.45. The number of unbranched alkanes of at least 4 members (excludes halogenated alkanes) is 1. The summed E-state index contributed by atoms with van der Waals surface area (Å²) < 4.78 is 28.1. The van der Waals surface area contributed by atoms with Gasteiger partial charge in [0.25, 0.3) is 0 Å². The van der Waals surface area contributed by atoms with Gasteiger partial charge in [-0.1, -0.05) is 25.5 Å². The number of aryl methyl sites for hydroxylation is 2. The lowest BCUT2D eigenvalue weighted by Crippen LogP contribution is -2.07. The smallest absolute Gasteiger partial charge is 0.210 e. The Bertz CT molecular complexity index is 792. The summed E-state index contributed by atoms with van der Waals surface area (Å²) in [7, 11) is -3.57. The van der Waals surface area contributed by atoms with E-state index >= 15 is 0 Å². The van der Waals surface area contributed by atoms with Crippen LogP contribution in [0, 0.1) is 0 Å². The number of hydrogen-bond acceptors (Lipinski definition) is 4. The minimum absolute atomic E-state index is 0.0920. The van der Waals surface area contributed by atoms with Crippen molar-refractivity contribution in [3.8, 4) is 0 Å². The number of rotatable bonds is 6. The van der Waals surface area contributed by atoms with Crippen molar-refractivity contribution < 1.29 is 13.5 Å². The Labute approximate surface area is 136 Å². The molecular weight excluding hydrogens is 312 g/mol. The zero-order valence-corrected chi connectivity index (χ0v) is 14.1. The van der Waals surface area contributed by atoms with Gasteiger partial charge in [0, 0.05) is 6.54 Å². The fourth-order valence-electron chi connectivity index (χ4n) is 3.07. The molecule has 0 saturated carbocycles. The Morgan fingerprint density at radius 3 is 2.65 bits per heavy atom. The first-order valence-corrected chi connectivity index (χ1v) is 9.59. The predicted molar refractivity (Wildman–Crippen MR) is 87.0 cm³/mol. The molecule has 1 aromatic heterocycles. The third kappa shape index (κ3) is 2.93. The Hall–Kier alpha value is -1.66. The molecule has 0 saturated heterocycles. The highest BCUT2D eigenvalue weighted by Gasteiger charge is 2.31. The summed E-state index contributed by atoms with van der Waals surface area (Å²) in [5.74, 6) is 0. The molecular formula is C17H22N2O3S. The zero-order valence-electron chi connectivity index (χ0n) is 13.3. The van der Waals surface area contributed by atoms with Gasteiger partial charge in [-0.05, 0) is 43.4 Å². The van der Waals surface area contributed by atoms with Gasteiger partial charge in [-0.25, -0.2) is 8.42 Å². The molecule has 124 valence electrons. The van der Waals surface area contributed by atoms with Crippen LogP contribution in [-0.2, 0) is 35.8 Å². The Morgan fingerprint density at radius 1 is 1.26 bits per heavy atom. The lowest BCUT2D eigenvalue weighted by atomic mass is 10.2. The average molecular weight is 334 g/mol. The summed E-state index contributed by atoms with van der Waals surface area (Å²) in [5, 5.41) is 13.7. The molecule has 0 spiro atoms. The van der Waals surface area contributed by atoms with Crippen LogP contribution in [0.25, 0.3) is 0 Å². The second-order valence-corrected chi connectivity index (χ2v) is 7.84. The van der Waals surface area contributed by atoms with E-state index in [0.717, 1.165) is 37.9 Å². The molecule has 23 heavy (non-hydrogen) atoms. The fraction of sp³-hybridized carbons (Fsp3) is 0.471. The van der Waals surface area contributed by atoms with Crippen LogP contribution in [0.15, 0.2) is 34.1 Å². The highest BCUT2D eigenvalue weighted by atomic mass is 32.2. The quantitative estimate of drug-likeness (QED) is 0.881. The summed E-state index contributed by atoms with van der Waals surface area (Å²) in [5.41, 5.74) is 2.26. The van der Waals surface area contributed by atoms with E-state index in [1.54, 1.807) is 24.3 Å². The molecule has 2 aromatic rings. The maximum Gasteiger partial charge on any atom is 0.210 e. The summed E-state index contributed by atoms with van der Waals surface area (Å²) in [6.45, 7) is 2.80. The summed E-state index contributed by atoms with van der Waals surface area (Å²) in [6.07, 6.45) is 4.35. The van der Waals surface area contributed by atoms with Gasteiger partial charge in [0.05, 0.1) is 22.9 Å². The molecule has 0 atom stereocenters. The minimum Gasteiger partial charge on any atom is -0.392 e. The largest absolute Gasteiger partial charge is 0.392 e. The predicted octanol–water partition coefficient (Wildman–Crippen LogP) is 2.50. The van der Waals surface area contributed by atoms with Gasteiger partial charge in [0.15, 0.2) is 0 Å². The summed E-state index contributed by atoms with van der Waals surface area (Å²) >= 11 is 0. The van der Waals surface area contributed by atoms with Crippen molar-refractivity contribution in [2.75, 3.05) is 0 Å². The SMILES string of the molecule is CCCCc1nn2c(c1S(=O)(=O)c1ccc(CO)cc1)CCC2. The lowest BCUT2D eigenvalue weighted by Gasteiger charge is -2.08. The van der Waals surface area contributed by atoms with Gasteiger partial charge in [-0.3, -0.25) is 4.68 Å². The van der Waals surface area contributed by atoms with E-state index in [2.05, 4.69) is 12.0 Å². The highest BCUT2D eigenvalue weighted by molar-refractivity contribution is 7.91. The normalized spacial score (nSPS) is 14.2. The van der Waals surface area contributed by atoms with E-state index in [9.17, 15) is 8.42 Å². The van der Waals surface area contributed by atoms with E-state index < -0.39 is 9.84 Å². The van der Waals surface area contributed by atoms with Gasteiger partial charge in [0.2, 0.25) is 9.84 Å².